The van der Waals surface area contributed by atoms with Crippen LogP contribution in [0.15, 0.2) is 37.2 Å². The van der Waals surface area contributed by atoms with Gasteiger partial charge in [-0.15, -0.1) is 0 Å². The number of nitrogens with two attached hydrogens (primary N) is 2. The molecule has 3 aromatic heterocycles. The molecule has 0 fully saturated rings. The first-order valence-corrected chi connectivity index (χ1v) is 6.90. The lowest BCUT2D eigenvalue weighted by atomic mass is 10.2. The van der Waals surface area contributed by atoms with Gasteiger partial charge in [-0.25, -0.2) is 19.5 Å². The third-order valence-corrected chi connectivity index (χ3v) is 3.52. The van der Waals surface area contributed by atoms with Crippen LogP contribution >= 0.6 is 0 Å². The second-order valence-electron chi connectivity index (χ2n) is 5.07. The average Bonchev–Trinajstić information content (AvgIpc) is 2.98. The fourth-order valence-corrected chi connectivity index (χ4v) is 2.36. The molecule has 3 heterocycles. The zero-order valence-electron chi connectivity index (χ0n) is 12.4. The van der Waals surface area contributed by atoms with Crippen LogP contribution in [0.3, 0.4) is 0 Å². The maximum atomic E-state index is 11.6. The van der Waals surface area contributed by atoms with E-state index in [1.54, 1.807) is 12.3 Å². The number of anilines is 1. The number of primary amides is 1. The number of carboxylic acid groups (broad SMARTS) is 1. The smallest absolute Gasteiger partial charge is 0.254 e. The van der Waals surface area contributed by atoms with Crippen molar-refractivity contribution in [2.24, 2.45) is 5.73 Å². The Morgan fingerprint density at radius 3 is 2.83 bits per heavy atom. The molecule has 0 radical (unpaired) electrons. The first-order valence-electron chi connectivity index (χ1n) is 6.90. The van der Waals surface area contributed by atoms with Crippen molar-refractivity contribution >= 4 is 28.9 Å². The quantitative estimate of drug-likeness (QED) is 0.503. The molecule has 4 N–H and O–H groups in total. The number of aliphatic carboxylic acids is 1. The summed E-state index contributed by atoms with van der Waals surface area (Å²) in [5.41, 5.74) is 11.8. The highest BCUT2D eigenvalue weighted by Crippen LogP contribution is 2.18. The number of imidazole rings is 1. The molecule has 1 unspecified atom stereocenters. The number of amides is 1. The Morgan fingerprint density at radius 1 is 1.33 bits per heavy atom. The van der Waals surface area contributed by atoms with Crippen molar-refractivity contribution in [3.05, 3.63) is 42.7 Å². The topological polar surface area (TPSA) is 157 Å². The highest BCUT2D eigenvalue weighted by molar-refractivity contribution is 5.92. The molecular formula is C14H13N7O3. The van der Waals surface area contributed by atoms with Crippen LogP contribution in [-0.4, -0.2) is 31.4 Å². The molecule has 0 saturated heterocycles. The van der Waals surface area contributed by atoms with Gasteiger partial charge in [0.25, 0.3) is 5.91 Å². The summed E-state index contributed by atoms with van der Waals surface area (Å²) in [4.78, 5) is 34.7. The zero-order valence-corrected chi connectivity index (χ0v) is 12.4. The van der Waals surface area contributed by atoms with Crippen molar-refractivity contribution in [1.29, 1.82) is 0 Å². The number of hydrogen-bond donors (Lipinski definition) is 2. The number of carboxylic acids is 1. The van der Waals surface area contributed by atoms with Crippen LogP contribution in [0.1, 0.15) is 16.4 Å². The van der Waals surface area contributed by atoms with Crippen molar-refractivity contribution in [1.82, 2.24) is 19.5 Å². The maximum absolute atomic E-state index is 11.6. The minimum absolute atomic E-state index is 0.0151. The lowest BCUT2D eigenvalue weighted by molar-refractivity contribution is -0.700. The van der Waals surface area contributed by atoms with Gasteiger partial charge in [-0.1, -0.05) is 0 Å². The molecule has 0 aromatic carbocycles. The summed E-state index contributed by atoms with van der Waals surface area (Å²) < 4.78 is 2.86. The molecule has 3 rings (SSSR count). The van der Waals surface area contributed by atoms with E-state index in [9.17, 15) is 14.7 Å². The molecule has 0 spiro atoms. The van der Waals surface area contributed by atoms with E-state index in [1.165, 1.54) is 34.1 Å². The van der Waals surface area contributed by atoms with Crippen LogP contribution in [0, 0.1) is 0 Å². The first kappa shape index (κ1) is 15.3. The molecular weight excluding hydrogens is 314 g/mol. The molecule has 24 heavy (non-hydrogen) atoms. The Morgan fingerprint density at radius 2 is 2.12 bits per heavy atom. The number of carbonyl (C=O) groups excluding carboxylic acids is 2. The van der Waals surface area contributed by atoms with E-state index < -0.39 is 17.9 Å². The van der Waals surface area contributed by atoms with Gasteiger partial charge in [0.2, 0.25) is 0 Å². The van der Waals surface area contributed by atoms with E-state index in [0.29, 0.717) is 5.52 Å². The number of nitrogen functional groups attached to an aromatic ring is 1. The third kappa shape index (κ3) is 2.72. The van der Waals surface area contributed by atoms with Gasteiger partial charge in [-0.2, -0.15) is 0 Å². The SMILES string of the molecule is NC(=O)c1ccc[n+](CC(C(=O)[O-])n2cnc3c(N)ncnc32)c1. The molecule has 1 atom stereocenters. The van der Waals surface area contributed by atoms with E-state index in [1.807, 2.05) is 0 Å². The number of pyridine rings is 1. The summed E-state index contributed by atoms with van der Waals surface area (Å²) >= 11 is 0. The van der Waals surface area contributed by atoms with Gasteiger partial charge in [0.15, 0.2) is 30.4 Å². The Balaban J connectivity index is 2.01. The number of aromatic nitrogens is 5. The summed E-state index contributed by atoms with van der Waals surface area (Å²) in [5.74, 6) is -1.79. The minimum atomic E-state index is -1.33. The van der Waals surface area contributed by atoms with E-state index in [0.717, 1.165) is 0 Å². The second kappa shape index (κ2) is 5.91. The van der Waals surface area contributed by atoms with Gasteiger partial charge < -0.3 is 21.4 Å². The predicted octanol–water partition coefficient (Wildman–Crippen LogP) is -2.21. The fourth-order valence-electron chi connectivity index (χ4n) is 2.36. The molecule has 0 aliphatic rings. The number of rotatable bonds is 5. The van der Waals surface area contributed by atoms with E-state index in [-0.39, 0.29) is 23.6 Å². The van der Waals surface area contributed by atoms with Crippen LogP contribution in [0.4, 0.5) is 5.82 Å². The molecule has 0 saturated carbocycles. The van der Waals surface area contributed by atoms with E-state index in [2.05, 4.69) is 15.0 Å². The molecule has 0 bridgehead atoms. The van der Waals surface area contributed by atoms with Crippen LogP contribution in [0.5, 0.6) is 0 Å². The van der Waals surface area contributed by atoms with Gasteiger partial charge >= 0.3 is 0 Å². The molecule has 0 aliphatic heterocycles. The number of fused-ring (bicyclic) bond motifs is 1. The van der Waals surface area contributed by atoms with Gasteiger partial charge in [0, 0.05) is 6.07 Å². The maximum Gasteiger partial charge on any atom is 0.254 e. The Bertz CT molecular complexity index is 937. The molecule has 122 valence electrons. The van der Waals surface area contributed by atoms with Crippen molar-refractivity contribution in [3.63, 3.8) is 0 Å². The fraction of sp³-hybridized carbons (Fsp3) is 0.143. The Hall–Kier alpha value is -3.56. The summed E-state index contributed by atoms with van der Waals surface area (Å²) in [6.45, 7) is -0.0151. The molecule has 0 aliphatic carbocycles. The van der Waals surface area contributed by atoms with Crippen LogP contribution in [-0.2, 0) is 11.3 Å². The van der Waals surface area contributed by atoms with Crippen molar-refractivity contribution < 1.29 is 19.3 Å². The monoisotopic (exact) mass is 327 g/mol. The standard InChI is InChI=1S/C14H13N7O3/c15-11-10-13(18-6-17-11)21(7-19-10)9(14(23)24)5-20-3-1-2-8(4-20)12(16)22/h1-4,6-7,9H,5H2,(H4-,15,16,17,18,22,23,24). The minimum Gasteiger partial charge on any atom is -0.548 e. The van der Waals surface area contributed by atoms with Gasteiger partial charge in [-0.3, -0.25) is 9.36 Å². The van der Waals surface area contributed by atoms with Crippen molar-refractivity contribution in [3.8, 4) is 0 Å². The second-order valence-corrected chi connectivity index (χ2v) is 5.07. The molecule has 3 aromatic rings. The Labute approximate surface area is 135 Å². The van der Waals surface area contributed by atoms with Crippen LogP contribution in [0.2, 0.25) is 0 Å². The molecule has 10 nitrogen and oxygen atoms in total. The largest absolute Gasteiger partial charge is 0.548 e. The summed E-state index contributed by atoms with van der Waals surface area (Å²) in [7, 11) is 0. The normalized spacial score (nSPS) is 12.2. The summed E-state index contributed by atoms with van der Waals surface area (Å²) in [6.07, 6.45) is 5.61. The highest BCUT2D eigenvalue weighted by atomic mass is 16.4. The lowest BCUT2D eigenvalue weighted by Crippen LogP contribution is -2.45. The summed E-state index contributed by atoms with van der Waals surface area (Å²) in [6, 6.07) is 2.02. The Kier molecular flexibility index (Phi) is 3.78. The van der Waals surface area contributed by atoms with Crippen LogP contribution < -0.4 is 21.1 Å². The lowest BCUT2D eigenvalue weighted by Gasteiger charge is -2.17. The average molecular weight is 327 g/mol. The zero-order chi connectivity index (χ0) is 17.3. The van der Waals surface area contributed by atoms with Gasteiger partial charge in [-0.05, 0) is 6.07 Å². The third-order valence-electron chi connectivity index (χ3n) is 3.52. The predicted molar refractivity (Wildman–Crippen MR) is 78.9 cm³/mol. The van der Waals surface area contributed by atoms with Crippen LogP contribution in [0.25, 0.3) is 11.2 Å². The van der Waals surface area contributed by atoms with Gasteiger partial charge in [0.1, 0.15) is 23.4 Å². The van der Waals surface area contributed by atoms with E-state index >= 15 is 0 Å². The highest BCUT2D eigenvalue weighted by Gasteiger charge is 2.22. The first-order chi connectivity index (χ1) is 11.5. The van der Waals surface area contributed by atoms with Gasteiger partial charge in [0.05, 0.1) is 12.3 Å². The number of nitrogens with zero attached hydrogens (tertiary/aromatic N) is 5. The number of hydrogen-bond acceptors (Lipinski definition) is 7. The molecule has 1 amide bonds. The van der Waals surface area contributed by atoms with E-state index in [4.69, 9.17) is 11.5 Å². The summed E-state index contributed by atoms with van der Waals surface area (Å²) in [5, 5.41) is 11.6. The number of carbonyl (C=O) groups is 2. The van der Waals surface area contributed by atoms with Crippen molar-refractivity contribution in [2.45, 2.75) is 12.6 Å². The van der Waals surface area contributed by atoms with Crippen molar-refractivity contribution in [2.75, 3.05) is 5.73 Å². The molecule has 10 heteroatoms.